The number of amides is 3. The van der Waals surface area contributed by atoms with Gasteiger partial charge in [-0.05, 0) is 57.1 Å². The Hall–Kier alpha value is -2.86. The van der Waals surface area contributed by atoms with Crippen molar-refractivity contribution in [2.24, 2.45) is 5.73 Å². The highest BCUT2D eigenvalue weighted by atomic mass is 32.1. The van der Waals surface area contributed by atoms with Gasteiger partial charge in [-0.25, -0.2) is 18.0 Å². The topological polar surface area (TPSA) is 110 Å². The number of aromatic nitrogens is 1. The molecule has 0 saturated heterocycles. The number of benzene rings is 1. The summed E-state index contributed by atoms with van der Waals surface area (Å²) in [6.07, 6.45) is 3.89. The molecule has 0 aliphatic rings. The second kappa shape index (κ2) is 12.2. The van der Waals surface area contributed by atoms with Gasteiger partial charge < -0.3 is 20.7 Å². The number of nitrogens with one attached hydrogen (secondary N) is 2. The summed E-state index contributed by atoms with van der Waals surface area (Å²) >= 11 is 0.719. The van der Waals surface area contributed by atoms with Gasteiger partial charge in [-0.2, -0.15) is 4.37 Å². The highest BCUT2D eigenvalue weighted by Gasteiger charge is 2.23. The second-order valence-electron chi connectivity index (χ2n) is 7.26. The van der Waals surface area contributed by atoms with Crippen molar-refractivity contribution in [2.75, 3.05) is 32.5 Å². The first-order chi connectivity index (χ1) is 15.2. The van der Waals surface area contributed by atoms with Crippen LogP contribution in [0.2, 0.25) is 0 Å². The summed E-state index contributed by atoms with van der Waals surface area (Å²) in [6, 6.07) is 0.849. The SMILES string of the molecule is CN(C)CCCCCCNC(=O)Nc1snc(OCc2c(F)ccc(F)c2F)c1C(N)=O. The van der Waals surface area contributed by atoms with Gasteiger partial charge in [0.25, 0.3) is 5.91 Å². The normalized spacial score (nSPS) is 10.9. The number of carbonyl (C=O) groups is 2. The van der Waals surface area contributed by atoms with E-state index < -0.39 is 41.6 Å². The highest BCUT2D eigenvalue weighted by Crippen LogP contribution is 2.31. The first kappa shape index (κ1) is 25.4. The highest BCUT2D eigenvalue weighted by molar-refractivity contribution is 7.11. The lowest BCUT2D eigenvalue weighted by Gasteiger charge is -2.10. The van der Waals surface area contributed by atoms with Gasteiger partial charge in [0, 0.05) is 6.54 Å². The van der Waals surface area contributed by atoms with E-state index in [0.29, 0.717) is 12.6 Å². The molecule has 1 aromatic carbocycles. The molecule has 0 saturated carbocycles. The molecule has 176 valence electrons. The van der Waals surface area contributed by atoms with Gasteiger partial charge in [0.15, 0.2) is 11.6 Å². The van der Waals surface area contributed by atoms with E-state index in [1.807, 2.05) is 14.1 Å². The Morgan fingerprint density at radius 2 is 1.81 bits per heavy atom. The Labute approximate surface area is 188 Å². The van der Waals surface area contributed by atoms with Crippen molar-refractivity contribution in [1.29, 1.82) is 0 Å². The lowest BCUT2D eigenvalue weighted by Crippen LogP contribution is -2.30. The molecule has 0 radical (unpaired) electrons. The van der Waals surface area contributed by atoms with Gasteiger partial charge in [-0.15, -0.1) is 0 Å². The van der Waals surface area contributed by atoms with Crippen LogP contribution >= 0.6 is 11.5 Å². The second-order valence-corrected chi connectivity index (χ2v) is 8.04. The maximum atomic E-state index is 13.8. The fourth-order valence-corrected chi connectivity index (χ4v) is 3.51. The minimum absolute atomic E-state index is 0.0242. The summed E-state index contributed by atoms with van der Waals surface area (Å²) < 4.78 is 49.9. The molecule has 0 atom stereocenters. The Bertz CT molecular complexity index is 939. The van der Waals surface area contributed by atoms with E-state index in [9.17, 15) is 22.8 Å². The number of hydrogen-bond acceptors (Lipinski definition) is 6. The van der Waals surface area contributed by atoms with Crippen molar-refractivity contribution in [3.63, 3.8) is 0 Å². The smallest absolute Gasteiger partial charge is 0.319 e. The van der Waals surface area contributed by atoms with Crippen LogP contribution in [0.3, 0.4) is 0 Å². The Morgan fingerprint density at radius 1 is 1.12 bits per heavy atom. The summed E-state index contributed by atoms with van der Waals surface area (Å²) in [6.45, 7) is 0.733. The van der Waals surface area contributed by atoms with Crippen LogP contribution in [0.25, 0.3) is 0 Å². The molecule has 32 heavy (non-hydrogen) atoms. The van der Waals surface area contributed by atoms with Gasteiger partial charge in [-0.3, -0.25) is 10.1 Å². The molecule has 1 heterocycles. The van der Waals surface area contributed by atoms with Crippen molar-refractivity contribution in [1.82, 2.24) is 14.6 Å². The molecule has 3 amide bonds. The first-order valence-electron chi connectivity index (χ1n) is 9.95. The molecule has 1 aromatic heterocycles. The molecule has 0 fully saturated rings. The minimum Gasteiger partial charge on any atom is -0.471 e. The van der Waals surface area contributed by atoms with Crippen molar-refractivity contribution >= 4 is 28.5 Å². The van der Waals surface area contributed by atoms with Gasteiger partial charge in [0.1, 0.15) is 23.0 Å². The third-order valence-electron chi connectivity index (χ3n) is 4.44. The molecule has 2 rings (SSSR count). The van der Waals surface area contributed by atoms with Crippen molar-refractivity contribution in [3.8, 4) is 5.88 Å². The molecular weight excluding hydrogens is 447 g/mol. The molecule has 0 spiro atoms. The van der Waals surface area contributed by atoms with E-state index in [2.05, 4.69) is 19.9 Å². The number of primary amides is 1. The van der Waals surface area contributed by atoms with E-state index in [1.54, 1.807) is 0 Å². The van der Waals surface area contributed by atoms with Crippen molar-refractivity contribution < 1.29 is 27.5 Å². The lowest BCUT2D eigenvalue weighted by molar-refractivity contribution is 0.0996. The van der Waals surface area contributed by atoms with E-state index in [1.165, 1.54) is 0 Å². The van der Waals surface area contributed by atoms with Crippen LogP contribution in [0.15, 0.2) is 12.1 Å². The predicted molar refractivity (Wildman–Crippen MR) is 115 cm³/mol. The van der Waals surface area contributed by atoms with Gasteiger partial charge in [-0.1, -0.05) is 12.8 Å². The van der Waals surface area contributed by atoms with Crippen LogP contribution in [0.4, 0.5) is 23.0 Å². The summed E-state index contributed by atoms with van der Waals surface area (Å²) in [5.41, 5.74) is 4.44. The summed E-state index contributed by atoms with van der Waals surface area (Å²) in [5.74, 6) is -4.93. The molecule has 4 N–H and O–H groups in total. The molecule has 0 bridgehead atoms. The van der Waals surface area contributed by atoms with Gasteiger partial charge in [0.05, 0.1) is 5.56 Å². The largest absolute Gasteiger partial charge is 0.471 e. The molecule has 0 aliphatic heterocycles. The average molecular weight is 474 g/mol. The Balaban J connectivity index is 1.90. The number of nitrogens with zero attached hydrogens (tertiary/aromatic N) is 2. The first-order valence-corrected chi connectivity index (χ1v) is 10.7. The van der Waals surface area contributed by atoms with E-state index in [-0.39, 0.29) is 16.4 Å². The van der Waals surface area contributed by atoms with Gasteiger partial charge in [0.2, 0.25) is 5.88 Å². The third-order valence-corrected chi connectivity index (χ3v) is 5.19. The number of rotatable bonds is 12. The number of halogens is 3. The monoisotopic (exact) mass is 473 g/mol. The van der Waals surface area contributed by atoms with Crippen molar-refractivity contribution in [2.45, 2.75) is 32.3 Å². The summed E-state index contributed by atoms with van der Waals surface area (Å²) in [5, 5.41) is 5.16. The minimum atomic E-state index is -1.40. The molecule has 12 heteroatoms. The van der Waals surface area contributed by atoms with E-state index >= 15 is 0 Å². The van der Waals surface area contributed by atoms with Crippen LogP contribution in [0.5, 0.6) is 5.88 Å². The maximum absolute atomic E-state index is 13.8. The maximum Gasteiger partial charge on any atom is 0.319 e. The fraction of sp³-hybridized carbons (Fsp3) is 0.450. The van der Waals surface area contributed by atoms with Crippen molar-refractivity contribution in [3.05, 3.63) is 40.7 Å². The Kier molecular flexibility index (Phi) is 9.72. The summed E-state index contributed by atoms with van der Waals surface area (Å²) in [4.78, 5) is 26.0. The molecular formula is C20H26F3N5O3S. The zero-order valence-corrected chi connectivity index (χ0v) is 18.7. The predicted octanol–water partition coefficient (Wildman–Crippen LogP) is 3.48. The average Bonchev–Trinajstić information content (AvgIpc) is 3.12. The number of unbranched alkanes of at least 4 members (excludes halogenated alkanes) is 3. The molecule has 2 aromatic rings. The van der Waals surface area contributed by atoms with Crippen LogP contribution in [-0.4, -0.2) is 48.4 Å². The molecule has 8 nitrogen and oxygen atoms in total. The number of carbonyl (C=O) groups excluding carboxylic acids is 2. The number of ether oxygens (including phenoxy) is 1. The van der Waals surface area contributed by atoms with Crippen LogP contribution < -0.4 is 21.1 Å². The third kappa shape index (κ3) is 7.38. The Morgan fingerprint density at radius 3 is 2.50 bits per heavy atom. The number of nitrogens with two attached hydrogens (primary N) is 1. The molecule has 0 aliphatic carbocycles. The van der Waals surface area contributed by atoms with Crippen LogP contribution in [0.1, 0.15) is 41.6 Å². The number of anilines is 1. The quantitative estimate of drug-likeness (QED) is 0.323. The molecule has 0 unspecified atom stereocenters. The standard InChI is InChI=1S/C20H26F3N5O3S/c1-28(2)10-6-4-3-5-9-25-20(30)26-19-15(17(24)29)18(27-32-19)31-11-12-13(21)7-8-14(22)16(12)23/h7-8H,3-6,9-11H2,1-2H3,(H2,24,29)(H2,25,26,30). The zero-order chi connectivity index (χ0) is 23.7. The van der Waals surface area contributed by atoms with E-state index in [4.69, 9.17) is 10.5 Å². The van der Waals surface area contributed by atoms with Gasteiger partial charge >= 0.3 is 6.03 Å². The zero-order valence-electron chi connectivity index (χ0n) is 17.8. The van der Waals surface area contributed by atoms with Crippen LogP contribution in [-0.2, 0) is 6.61 Å². The fourth-order valence-electron chi connectivity index (χ4n) is 2.77. The number of hydrogen-bond donors (Lipinski definition) is 3. The van der Waals surface area contributed by atoms with E-state index in [0.717, 1.165) is 49.8 Å². The van der Waals surface area contributed by atoms with Crippen LogP contribution in [0, 0.1) is 17.5 Å². The summed E-state index contributed by atoms with van der Waals surface area (Å²) in [7, 11) is 4.03. The number of urea groups is 1. The lowest BCUT2D eigenvalue weighted by atomic mass is 10.2.